The highest BCUT2D eigenvalue weighted by atomic mass is 35.5. The number of terminal acetylenes is 1. The number of aryl methyl sites for hydroxylation is 1. The molecule has 29 heavy (non-hydrogen) atoms. The van der Waals surface area contributed by atoms with Gasteiger partial charge in [-0.05, 0) is 37.3 Å². The van der Waals surface area contributed by atoms with Gasteiger partial charge in [0.25, 0.3) is 0 Å². The van der Waals surface area contributed by atoms with Gasteiger partial charge in [-0.2, -0.15) is 12.7 Å². The highest BCUT2D eigenvalue weighted by molar-refractivity contribution is 7.87. The number of aromatic nitrogens is 3. The smallest absolute Gasteiger partial charge is 0.341 e. The monoisotopic (exact) mass is 432 g/mol. The molecule has 0 radical (unpaired) electrons. The normalized spacial score (nSPS) is 11.6. The van der Waals surface area contributed by atoms with Crippen LogP contribution >= 0.6 is 11.6 Å². The van der Waals surface area contributed by atoms with Crippen molar-refractivity contribution in [3.8, 4) is 23.9 Å². The van der Waals surface area contributed by atoms with Crippen molar-refractivity contribution < 1.29 is 17.9 Å². The van der Waals surface area contributed by atoms with Crippen molar-refractivity contribution in [1.29, 1.82) is 0 Å². The molecule has 0 aliphatic rings. The van der Waals surface area contributed by atoms with Gasteiger partial charge < -0.3 is 4.74 Å². The van der Waals surface area contributed by atoms with Crippen LogP contribution in [-0.4, -0.2) is 53.3 Å². The van der Waals surface area contributed by atoms with E-state index in [-0.39, 0.29) is 23.7 Å². The number of rotatable bonds is 5. The van der Waals surface area contributed by atoms with E-state index < -0.39 is 16.2 Å². The maximum Gasteiger partial charge on any atom is 0.341 e. The zero-order valence-electron chi connectivity index (χ0n) is 15.9. The lowest BCUT2D eigenvalue weighted by Gasteiger charge is -2.16. The summed E-state index contributed by atoms with van der Waals surface area (Å²) >= 11 is 6.05. The summed E-state index contributed by atoms with van der Waals surface area (Å²) in [6, 6.07) is 7.74. The van der Waals surface area contributed by atoms with Crippen LogP contribution in [0.15, 0.2) is 30.3 Å². The van der Waals surface area contributed by atoms with Crippen LogP contribution in [-0.2, 0) is 14.9 Å². The molecule has 0 spiro atoms. The first-order valence-electron chi connectivity index (χ1n) is 8.36. The lowest BCUT2D eigenvalue weighted by atomic mass is 10.1. The van der Waals surface area contributed by atoms with Crippen molar-refractivity contribution in [3.63, 3.8) is 0 Å². The van der Waals surface area contributed by atoms with Gasteiger partial charge in [0.05, 0.1) is 16.6 Å². The van der Waals surface area contributed by atoms with E-state index in [1.54, 1.807) is 25.1 Å². The summed E-state index contributed by atoms with van der Waals surface area (Å²) in [5, 5.41) is 0.391. The molecule has 1 aromatic carbocycles. The van der Waals surface area contributed by atoms with Crippen molar-refractivity contribution in [1.82, 2.24) is 18.2 Å². The van der Waals surface area contributed by atoms with E-state index in [0.717, 1.165) is 8.28 Å². The Hall–Kier alpha value is -2.93. The summed E-state index contributed by atoms with van der Waals surface area (Å²) in [5.41, 5.74) is 1.30. The Labute approximate surface area is 173 Å². The van der Waals surface area contributed by atoms with Gasteiger partial charge in [0.1, 0.15) is 5.69 Å². The molecule has 0 aliphatic carbocycles. The quantitative estimate of drug-likeness (QED) is 0.454. The molecule has 0 unspecified atom stereocenters. The molecule has 10 heteroatoms. The second-order valence-electron chi connectivity index (χ2n) is 6.25. The third-order valence-electron chi connectivity index (χ3n) is 4.02. The van der Waals surface area contributed by atoms with Gasteiger partial charge in [0.15, 0.2) is 12.4 Å². The summed E-state index contributed by atoms with van der Waals surface area (Å²) in [4.78, 5) is 21.3. The SMILES string of the molecule is C#CCOC(=O)c1ccc(C)nc1-c1nc2cc(Cl)ccc2n1S(=O)(=O)N(C)C. The number of hydrogen-bond donors (Lipinski definition) is 0. The number of halogens is 1. The fraction of sp³-hybridized carbons (Fsp3) is 0.211. The molecule has 0 atom stereocenters. The standard InChI is InChI=1S/C19H17ClN4O4S/c1-5-10-28-19(25)14-8-6-12(2)21-17(14)18-22-15-11-13(20)7-9-16(15)24(18)29(26,27)23(3)4/h1,6-9,11H,10H2,2-4H3. The number of pyridine rings is 1. The Bertz CT molecular complexity index is 1260. The van der Waals surface area contributed by atoms with E-state index in [4.69, 9.17) is 22.8 Å². The maximum atomic E-state index is 13.1. The van der Waals surface area contributed by atoms with Gasteiger partial charge >= 0.3 is 16.2 Å². The van der Waals surface area contributed by atoms with E-state index >= 15 is 0 Å². The van der Waals surface area contributed by atoms with Crippen LogP contribution in [0.1, 0.15) is 16.1 Å². The van der Waals surface area contributed by atoms with E-state index in [1.165, 1.54) is 26.2 Å². The lowest BCUT2D eigenvalue weighted by molar-refractivity contribution is 0.0557. The molecule has 2 heterocycles. The van der Waals surface area contributed by atoms with E-state index in [9.17, 15) is 13.2 Å². The first-order valence-corrected chi connectivity index (χ1v) is 10.1. The van der Waals surface area contributed by atoms with Gasteiger partial charge in [-0.1, -0.05) is 17.5 Å². The predicted octanol–water partition coefficient (Wildman–Crippen LogP) is 2.50. The van der Waals surface area contributed by atoms with E-state index in [2.05, 4.69) is 15.9 Å². The van der Waals surface area contributed by atoms with Crippen LogP contribution in [0.2, 0.25) is 5.02 Å². The molecule has 3 rings (SSSR count). The minimum absolute atomic E-state index is 0.0349. The lowest BCUT2D eigenvalue weighted by Crippen LogP contribution is -2.29. The molecule has 2 aromatic heterocycles. The number of fused-ring (bicyclic) bond motifs is 1. The van der Waals surface area contributed by atoms with Crippen LogP contribution in [0, 0.1) is 19.3 Å². The van der Waals surface area contributed by atoms with Crippen LogP contribution in [0.25, 0.3) is 22.6 Å². The number of ether oxygens (including phenoxy) is 1. The molecule has 0 saturated heterocycles. The Morgan fingerprint density at radius 1 is 1.28 bits per heavy atom. The Kier molecular flexibility index (Phi) is 5.61. The van der Waals surface area contributed by atoms with E-state index in [0.29, 0.717) is 21.7 Å². The van der Waals surface area contributed by atoms with Crippen LogP contribution in [0.3, 0.4) is 0 Å². The highest BCUT2D eigenvalue weighted by Gasteiger charge is 2.29. The number of hydrogen-bond acceptors (Lipinski definition) is 6. The first-order chi connectivity index (χ1) is 13.7. The summed E-state index contributed by atoms with van der Waals surface area (Å²) in [6.45, 7) is 1.48. The van der Waals surface area contributed by atoms with Gasteiger partial charge in [-0.25, -0.2) is 18.7 Å². The summed E-state index contributed by atoms with van der Waals surface area (Å²) in [7, 11) is -1.21. The summed E-state index contributed by atoms with van der Waals surface area (Å²) in [5.74, 6) is 1.45. The molecular formula is C19H17ClN4O4S. The van der Waals surface area contributed by atoms with Crippen LogP contribution < -0.4 is 0 Å². The average Bonchev–Trinajstić information content (AvgIpc) is 3.04. The molecule has 0 fully saturated rings. The topological polar surface area (TPSA) is 94.4 Å². The Balaban J connectivity index is 2.38. The second-order valence-corrected chi connectivity index (χ2v) is 8.68. The van der Waals surface area contributed by atoms with Crippen molar-refractivity contribution >= 4 is 38.8 Å². The number of benzene rings is 1. The third-order valence-corrected chi connectivity index (χ3v) is 6.01. The first kappa shape index (κ1) is 20.8. The number of carbonyl (C=O) groups excluding carboxylic acids is 1. The number of carbonyl (C=O) groups is 1. The van der Waals surface area contributed by atoms with Gasteiger partial charge in [0.2, 0.25) is 0 Å². The molecule has 8 nitrogen and oxygen atoms in total. The van der Waals surface area contributed by atoms with E-state index in [1.807, 2.05) is 0 Å². The molecule has 0 saturated carbocycles. The molecule has 0 aliphatic heterocycles. The molecule has 0 N–H and O–H groups in total. The largest absolute Gasteiger partial charge is 0.449 e. The average molecular weight is 433 g/mol. The zero-order valence-corrected chi connectivity index (χ0v) is 17.5. The Morgan fingerprint density at radius 2 is 2.00 bits per heavy atom. The molecule has 0 bridgehead atoms. The number of esters is 1. The summed E-state index contributed by atoms with van der Waals surface area (Å²) < 4.78 is 33.2. The van der Waals surface area contributed by atoms with Crippen LogP contribution in [0.4, 0.5) is 0 Å². The third kappa shape index (κ3) is 3.82. The van der Waals surface area contributed by atoms with Gasteiger partial charge in [-0.15, -0.1) is 6.42 Å². The van der Waals surface area contributed by atoms with Crippen molar-refractivity contribution in [2.75, 3.05) is 20.7 Å². The zero-order chi connectivity index (χ0) is 21.3. The van der Waals surface area contributed by atoms with Crippen molar-refractivity contribution in [3.05, 3.63) is 46.6 Å². The molecule has 3 aromatic rings. The van der Waals surface area contributed by atoms with Gasteiger partial charge in [-0.3, -0.25) is 0 Å². The minimum atomic E-state index is -4.00. The molecule has 0 amide bonds. The highest BCUT2D eigenvalue weighted by Crippen LogP contribution is 2.30. The predicted molar refractivity (Wildman–Crippen MR) is 110 cm³/mol. The number of imidazole rings is 1. The Morgan fingerprint density at radius 3 is 2.66 bits per heavy atom. The number of nitrogens with zero attached hydrogens (tertiary/aromatic N) is 4. The fourth-order valence-electron chi connectivity index (χ4n) is 2.65. The maximum absolute atomic E-state index is 13.1. The van der Waals surface area contributed by atoms with Crippen LogP contribution in [0.5, 0.6) is 0 Å². The molecule has 150 valence electrons. The fourth-order valence-corrected chi connectivity index (χ4v) is 3.90. The molecular weight excluding hydrogens is 416 g/mol. The van der Waals surface area contributed by atoms with Crippen molar-refractivity contribution in [2.45, 2.75) is 6.92 Å². The summed E-state index contributed by atoms with van der Waals surface area (Å²) in [6.07, 6.45) is 5.15. The van der Waals surface area contributed by atoms with Gasteiger partial charge in [0, 0.05) is 24.8 Å². The van der Waals surface area contributed by atoms with Crippen molar-refractivity contribution in [2.24, 2.45) is 0 Å². The minimum Gasteiger partial charge on any atom is -0.449 e. The second kappa shape index (κ2) is 7.83.